The van der Waals surface area contributed by atoms with E-state index in [0.717, 1.165) is 28.9 Å². The molecule has 1 N–H and O–H groups in total. The fraction of sp³-hybridized carbons (Fsp3) is 0.200. The largest absolute Gasteiger partial charge is 0.489 e. The lowest BCUT2D eigenvalue weighted by Gasteiger charge is -2.36. The molecular weight excluding hydrogens is 348 g/mol. The van der Waals surface area contributed by atoms with Gasteiger partial charge in [0.1, 0.15) is 29.5 Å². The Morgan fingerprint density at radius 2 is 1.79 bits per heavy atom. The smallest absolute Gasteiger partial charge is 0.137 e. The van der Waals surface area contributed by atoms with Gasteiger partial charge in [-0.3, -0.25) is 0 Å². The van der Waals surface area contributed by atoms with Gasteiger partial charge in [-0.2, -0.15) is 0 Å². The van der Waals surface area contributed by atoms with Gasteiger partial charge < -0.3 is 14.6 Å². The minimum absolute atomic E-state index is 0.146. The van der Waals surface area contributed by atoms with Crippen molar-refractivity contribution in [1.29, 1.82) is 0 Å². The van der Waals surface area contributed by atoms with Gasteiger partial charge in [-0.15, -0.1) is 0 Å². The van der Waals surface area contributed by atoms with Crippen molar-refractivity contribution in [3.63, 3.8) is 0 Å². The highest BCUT2D eigenvalue weighted by atomic mass is 16.5. The van der Waals surface area contributed by atoms with Gasteiger partial charge in [0.2, 0.25) is 0 Å². The van der Waals surface area contributed by atoms with Crippen molar-refractivity contribution in [2.24, 2.45) is 0 Å². The molecule has 3 nitrogen and oxygen atoms in total. The Balaban J connectivity index is 1.97. The van der Waals surface area contributed by atoms with Crippen molar-refractivity contribution in [3.05, 3.63) is 102 Å². The molecule has 1 aliphatic rings. The molecule has 0 aliphatic carbocycles. The van der Waals surface area contributed by atoms with Gasteiger partial charge in [0.05, 0.1) is 0 Å². The average molecular weight is 372 g/mol. The van der Waals surface area contributed by atoms with E-state index in [2.05, 4.69) is 13.5 Å². The normalized spacial score (nSPS) is 20.3. The Labute approximate surface area is 165 Å². The molecule has 1 heterocycles. The lowest BCUT2D eigenvalue weighted by atomic mass is 9.72. The zero-order valence-corrected chi connectivity index (χ0v) is 16.0. The topological polar surface area (TPSA) is 38.7 Å². The molecule has 0 bridgehead atoms. The summed E-state index contributed by atoms with van der Waals surface area (Å²) in [6.07, 6.45) is 2.47. The first kappa shape index (κ1) is 18.3. The first-order valence-corrected chi connectivity index (χ1v) is 9.61. The molecule has 28 heavy (non-hydrogen) atoms. The summed E-state index contributed by atoms with van der Waals surface area (Å²) in [5.74, 6) is 1.91. The predicted octanol–water partition coefficient (Wildman–Crippen LogP) is 5.79. The SMILES string of the molecule is C=CCOc1ccc2c(c1)Oc1ccccc1C(CC)C2(O)c1ccccc1. The molecule has 3 aromatic carbocycles. The summed E-state index contributed by atoms with van der Waals surface area (Å²) in [4.78, 5) is 0. The quantitative estimate of drug-likeness (QED) is 0.576. The van der Waals surface area contributed by atoms with Crippen LogP contribution in [0.3, 0.4) is 0 Å². The summed E-state index contributed by atoms with van der Waals surface area (Å²) < 4.78 is 12.0. The molecular formula is C25H24O3. The molecule has 4 rings (SSSR count). The van der Waals surface area contributed by atoms with Crippen LogP contribution in [-0.4, -0.2) is 11.7 Å². The summed E-state index contributed by atoms with van der Waals surface area (Å²) >= 11 is 0. The third-order valence-corrected chi connectivity index (χ3v) is 5.37. The van der Waals surface area contributed by atoms with Crippen molar-refractivity contribution in [3.8, 4) is 17.2 Å². The van der Waals surface area contributed by atoms with Crippen LogP contribution < -0.4 is 9.47 Å². The number of ether oxygens (including phenoxy) is 2. The molecule has 0 amide bonds. The van der Waals surface area contributed by atoms with Crippen LogP contribution in [-0.2, 0) is 5.60 Å². The van der Waals surface area contributed by atoms with Gasteiger partial charge in [0, 0.05) is 23.1 Å². The lowest BCUT2D eigenvalue weighted by Crippen LogP contribution is -2.34. The van der Waals surface area contributed by atoms with Gasteiger partial charge in [0.15, 0.2) is 0 Å². The van der Waals surface area contributed by atoms with Crippen molar-refractivity contribution < 1.29 is 14.6 Å². The van der Waals surface area contributed by atoms with Gasteiger partial charge in [-0.1, -0.05) is 68.1 Å². The third kappa shape index (κ3) is 2.98. The van der Waals surface area contributed by atoms with Gasteiger partial charge in [0.25, 0.3) is 0 Å². The molecule has 1 aliphatic heterocycles. The Hall–Kier alpha value is -3.04. The Morgan fingerprint density at radius 1 is 1.04 bits per heavy atom. The molecule has 0 spiro atoms. The van der Waals surface area contributed by atoms with E-state index in [9.17, 15) is 5.11 Å². The first-order chi connectivity index (χ1) is 13.7. The molecule has 0 saturated heterocycles. The van der Waals surface area contributed by atoms with Gasteiger partial charge >= 0.3 is 0 Å². The first-order valence-electron chi connectivity index (χ1n) is 9.61. The lowest BCUT2D eigenvalue weighted by molar-refractivity contribution is 0.0484. The molecule has 0 saturated carbocycles. The zero-order chi connectivity index (χ0) is 19.6. The maximum absolute atomic E-state index is 12.2. The summed E-state index contributed by atoms with van der Waals surface area (Å²) in [6, 6.07) is 23.4. The van der Waals surface area contributed by atoms with E-state index < -0.39 is 5.60 Å². The molecule has 2 unspecified atom stereocenters. The maximum atomic E-state index is 12.2. The van der Waals surface area contributed by atoms with E-state index in [4.69, 9.17) is 9.47 Å². The number of benzene rings is 3. The highest BCUT2D eigenvalue weighted by Gasteiger charge is 2.45. The number of fused-ring (bicyclic) bond motifs is 2. The average Bonchev–Trinajstić information content (AvgIpc) is 2.84. The van der Waals surface area contributed by atoms with Crippen LogP contribution in [0.5, 0.6) is 17.2 Å². The molecule has 0 aromatic heterocycles. The molecule has 2 atom stereocenters. The van der Waals surface area contributed by atoms with E-state index in [1.807, 2.05) is 72.8 Å². The summed E-state index contributed by atoms with van der Waals surface area (Å²) in [5.41, 5.74) is 1.38. The second-order valence-corrected chi connectivity index (χ2v) is 6.99. The molecule has 3 heteroatoms. The van der Waals surface area contributed by atoms with Gasteiger partial charge in [-0.25, -0.2) is 0 Å². The fourth-order valence-electron chi connectivity index (χ4n) is 4.10. The van der Waals surface area contributed by atoms with Crippen molar-refractivity contribution >= 4 is 0 Å². The van der Waals surface area contributed by atoms with Crippen LogP contribution in [0, 0.1) is 0 Å². The summed E-state index contributed by atoms with van der Waals surface area (Å²) in [5, 5.41) is 12.2. The van der Waals surface area contributed by atoms with Crippen LogP contribution in [0.2, 0.25) is 0 Å². The number of hydrogen-bond acceptors (Lipinski definition) is 3. The van der Waals surface area contributed by atoms with Crippen molar-refractivity contribution in [2.45, 2.75) is 24.9 Å². The molecule has 0 radical (unpaired) electrons. The second kappa shape index (κ2) is 7.53. The summed E-state index contributed by atoms with van der Waals surface area (Å²) in [7, 11) is 0. The number of para-hydroxylation sites is 1. The van der Waals surface area contributed by atoms with Crippen molar-refractivity contribution in [1.82, 2.24) is 0 Å². The number of hydrogen-bond donors (Lipinski definition) is 1. The van der Waals surface area contributed by atoms with E-state index in [1.54, 1.807) is 6.08 Å². The molecule has 142 valence electrons. The third-order valence-electron chi connectivity index (χ3n) is 5.37. The number of aliphatic hydroxyl groups is 1. The standard InChI is InChI=1S/C25H24O3/c1-3-16-27-19-14-15-22-24(17-19)28-23-13-9-8-12-20(23)21(4-2)25(22,26)18-10-6-5-7-11-18/h3,5-15,17,21,26H,1,4,16H2,2H3. The Morgan fingerprint density at radius 3 is 2.54 bits per heavy atom. The monoisotopic (exact) mass is 372 g/mol. The highest BCUT2D eigenvalue weighted by Crippen LogP contribution is 2.53. The maximum Gasteiger partial charge on any atom is 0.137 e. The molecule has 3 aromatic rings. The minimum atomic E-state index is -1.21. The minimum Gasteiger partial charge on any atom is -0.489 e. The van der Waals surface area contributed by atoms with Crippen LogP contribution in [0.25, 0.3) is 0 Å². The fourth-order valence-corrected chi connectivity index (χ4v) is 4.10. The molecule has 0 fully saturated rings. The van der Waals surface area contributed by atoms with E-state index in [1.165, 1.54) is 0 Å². The van der Waals surface area contributed by atoms with E-state index in [-0.39, 0.29) is 5.92 Å². The summed E-state index contributed by atoms with van der Waals surface area (Å²) in [6.45, 7) is 6.21. The highest BCUT2D eigenvalue weighted by molar-refractivity contribution is 5.56. The second-order valence-electron chi connectivity index (χ2n) is 6.99. The van der Waals surface area contributed by atoms with E-state index in [0.29, 0.717) is 18.1 Å². The Bertz CT molecular complexity index is 980. The predicted molar refractivity (Wildman–Crippen MR) is 111 cm³/mol. The Kier molecular flexibility index (Phi) is 4.93. The van der Waals surface area contributed by atoms with Crippen LogP contribution in [0.15, 0.2) is 85.5 Å². The van der Waals surface area contributed by atoms with E-state index >= 15 is 0 Å². The van der Waals surface area contributed by atoms with Gasteiger partial charge in [-0.05, 0) is 30.2 Å². The zero-order valence-electron chi connectivity index (χ0n) is 16.0. The number of rotatable bonds is 5. The van der Waals surface area contributed by atoms with Crippen LogP contribution in [0.4, 0.5) is 0 Å². The van der Waals surface area contributed by atoms with Crippen molar-refractivity contribution in [2.75, 3.05) is 6.61 Å². The van der Waals surface area contributed by atoms with Crippen LogP contribution in [0.1, 0.15) is 36.0 Å². The van der Waals surface area contributed by atoms with Crippen LogP contribution >= 0.6 is 0 Å².